The fourth-order valence-corrected chi connectivity index (χ4v) is 3.22. The smallest absolute Gasteiger partial charge is 0.318 e. The number of unbranched alkanes of at least 4 members (excludes halogenated alkanes) is 1. The van der Waals surface area contributed by atoms with E-state index in [0.29, 0.717) is 31.4 Å². The van der Waals surface area contributed by atoms with Crippen molar-refractivity contribution in [2.75, 3.05) is 38.2 Å². The van der Waals surface area contributed by atoms with Gasteiger partial charge in [0.05, 0.1) is 7.11 Å². The predicted octanol–water partition coefficient (Wildman–Crippen LogP) is 2.70. The van der Waals surface area contributed by atoms with Crippen LogP contribution in [0.5, 0.6) is 5.75 Å². The molecule has 0 bridgehead atoms. The second-order valence-corrected chi connectivity index (χ2v) is 6.75. The average molecular weight is 372 g/mol. The van der Waals surface area contributed by atoms with Crippen LogP contribution in [0.2, 0.25) is 0 Å². The lowest BCUT2D eigenvalue weighted by Gasteiger charge is -2.33. The molecule has 0 saturated carbocycles. The Bertz CT molecular complexity index is 721. The third-order valence-electron chi connectivity index (χ3n) is 4.93. The number of rotatable bonds is 8. The highest BCUT2D eigenvalue weighted by molar-refractivity contribution is 5.76. The second kappa shape index (κ2) is 9.39. The van der Waals surface area contributed by atoms with Gasteiger partial charge in [0.1, 0.15) is 5.75 Å². The first-order valence-corrected chi connectivity index (χ1v) is 9.67. The molecular weight excluding hydrogens is 344 g/mol. The molecule has 27 heavy (non-hydrogen) atoms. The van der Waals surface area contributed by atoms with E-state index in [1.807, 2.05) is 24.0 Å². The number of carbonyl (C=O) groups excluding carboxylic acids is 1. The highest BCUT2D eigenvalue weighted by Crippen LogP contribution is 2.17. The van der Waals surface area contributed by atoms with Crippen LogP contribution in [0, 0.1) is 0 Å². The lowest BCUT2D eigenvalue weighted by atomic mass is 10.1. The van der Waals surface area contributed by atoms with E-state index in [-0.39, 0.29) is 5.91 Å². The molecule has 1 fully saturated rings. The minimum absolute atomic E-state index is 0.240. The first-order valence-electron chi connectivity index (χ1n) is 9.67. The van der Waals surface area contributed by atoms with Crippen LogP contribution in [0.25, 0.3) is 0 Å². The summed E-state index contributed by atoms with van der Waals surface area (Å²) in [4.78, 5) is 16.4. The number of methoxy groups -OCH3 is 1. The van der Waals surface area contributed by atoms with E-state index >= 15 is 0 Å². The van der Waals surface area contributed by atoms with Gasteiger partial charge in [0.2, 0.25) is 11.8 Å². The molecule has 0 spiro atoms. The zero-order valence-electron chi connectivity index (χ0n) is 16.2. The largest absolute Gasteiger partial charge is 0.497 e. The summed E-state index contributed by atoms with van der Waals surface area (Å²) < 4.78 is 10.8. The molecule has 0 N–H and O–H groups in total. The number of aromatic nitrogens is 2. The predicted molar refractivity (Wildman–Crippen MR) is 103 cm³/mol. The van der Waals surface area contributed by atoms with Crippen molar-refractivity contribution < 1.29 is 13.9 Å². The quantitative estimate of drug-likeness (QED) is 0.664. The molecule has 7 heteroatoms. The highest BCUT2D eigenvalue weighted by atomic mass is 16.5. The molecule has 0 unspecified atom stereocenters. The Morgan fingerprint density at radius 1 is 1.11 bits per heavy atom. The van der Waals surface area contributed by atoms with Gasteiger partial charge in [0.25, 0.3) is 0 Å². The Hall–Kier alpha value is -2.57. The summed E-state index contributed by atoms with van der Waals surface area (Å²) in [5.74, 6) is 1.77. The van der Waals surface area contributed by atoms with E-state index in [9.17, 15) is 4.79 Å². The number of aryl methyl sites for hydroxylation is 2. The lowest BCUT2D eigenvalue weighted by molar-refractivity contribution is -0.131. The maximum Gasteiger partial charge on any atom is 0.318 e. The maximum atomic E-state index is 12.4. The molecule has 1 aliphatic rings. The van der Waals surface area contributed by atoms with Crippen LogP contribution >= 0.6 is 0 Å². The Balaban J connectivity index is 1.35. The number of piperazine rings is 1. The van der Waals surface area contributed by atoms with Crippen LogP contribution in [-0.4, -0.2) is 54.3 Å². The molecule has 0 aliphatic carbocycles. The van der Waals surface area contributed by atoms with Crippen LogP contribution in [0.3, 0.4) is 0 Å². The summed E-state index contributed by atoms with van der Waals surface area (Å²) in [7, 11) is 1.67. The van der Waals surface area contributed by atoms with E-state index < -0.39 is 0 Å². The van der Waals surface area contributed by atoms with Crippen molar-refractivity contribution >= 4 is 11.9 Å². The van der Waals surface area contributed by atoms with E-state index in [0.717, 1.165) is 44.5 Å². The zero-order valence-corrected chi connectivity index (χ0v) is 16.2. The van der Waals surface area contributed by atoms with Crippen LogP contribution in [0.15, 0.2) is 28.7 Å². The molecule has 0 radical (unpaired) electrons. The van der Waals surface area contributed by atoms with Crippen LogP contribution < -0.4 is 9.64 Å². The van der Waals surface area contributed by atoms with Gasteiger partial charge in [-0.3, -0.25) is 4.79 Å². The summed E-state index contributed by atoms with van der Waals surface area (Å²) in [5.41, 5.74) is 1.28. The zero-order chi connectivity index (χ0) is 19.1. The second-order valence-electron chi connectivity index (χ2n) is 6.75. The van der Waals surface area contributed by atoms with Gasteiger partial charge in [-0.1, -0.05) is 24.2 Å². The first-order chi connectivity index (χ1) is 13.2. The normalized spacial score (nSPS) is 14.4. The van der Waals surface area contributed by atoms with E-state index in [1.165, 1.54) is 5.56 Å². The van der Waals surface area contributed by atoms with Crippen molar-refractivity contribution in [3.63, 3.8) is 0 Å². The topological polar surface area (TPSA) is 71.7 Å². The number of ether oxygens (including phenoxy) is 1. The Labute approximate surface area is 160 Å². The lowest BCUT2D eigenvalue weighted by Crippen LogP contribution is -2.48. The van der Waals surface area contributed by atoms with Gasteiger partial charge in [-0.2, -0.15) is 0 Å². The number of hydrogen-bond acceptors (Lipinski definition) is 6. The van der Waals surface area contributed by atoms with Crippen molar-refractivity contribution in [2.24, 2.45) is 0 Å². The van der Waals surface area contributed by atoms with Gasteiger partial charge in [0, 0.05) is 39.0 Å². The summed E-state index contributed by atoms with van der Waals surface area (Å²) in [6, 6.07) is 8.70. The molecule has 1 aromatic heterocycles. The van der Waals surface area contributed by atoms with Gasteiger partial charge in [-0.25, -0.2) is 0 Å². The third-order valence-corrected chi connectivity index (χ3v) is 4.93. The summed E-state index contributed by atoms with van der Waals surface area (Å²) in [6.07, 6.45) is 4.26. The van der Waals surface area contributed by atoms with E-state index in [1.54, 1.807) is 7.11 Å². The molecular formula is C20H28N4O3. The van der Waals surface area contributed by atoms with Gasteiger partial charge >= 0.3 is 6.01 Å². The molecule has 1 aromatic carbocycles. The van der Waals surface area contributed by atoms with E-state index in [2.05, 4.69) is 27.2 Å². The number of carbonyl (C=O) groups is 1. The van der Waals surface area contributed by atoms with Crippen LogP contribution in [-0.2, 0) is 17.6 Å². The number of benzene rings is 1. The monoisotopic (exact) mass is 372 g/mol. The molecule has 2 heterocycles. The van der Waals surface area contributed by atoms with Crippen molar-refractivity contribution in [2.45, 2.75) is 39.0 Å². The summed E-state index contributed by atoms with van der Waals surface area (Å²) >= 11 is 0. The first kappa shape index (κ1) is 19.2. The van der Waals surface area contributed by atoms with Crippen LogP contribution in [0.4, 0.5) is 6.01 Å². The standard InChI is InChI=1S/C20H28N4O3/c1-3-18-21-22-20(27-18)24-14-12-23(13-15-24)19(25)7-5-4-6-16-8-10-17(26-2)11-9-16/h8-11H,3-7,12-15H2,1-2H3. The molecule has 1 amide bonds. The molecule has 0 atom stereocenters. The Morgan fingerprint density at radius 3 is 2.48 bits per heavy atom. The van der Waals surface area contributed by atoms with Gasteiger partial charge in [-0.15, -0.1) is 5.10 Å². The molecule has 7 nitrogen and oxygen atoms in total. The molecule has 1 aliphatic heterocycles. The summed E-state index contributed by atoms with van der Waals surface area (Å²) in [5, 5.41) is 8.08. The molecule has 1 saturated heterocycles. The van der Waals surface area contributed by atoms with Crippen molar-refractivity contribution in [3.8, 4) is 5.75 Å². The average Bonchev–Trinajstić information content (AvgIpc) is 3.21. The minimum Gasteiger partial charge on any atom is -0.497 e. The van der Waals surface area contributed by atoms with Crippen molar-refractivity contribution in [1.82, 2.24) is 15.1 Å². The number of amides is 1. The highest BCUT2D eigenvalue weighted by Gasteiger charge is 2.23. The maximum absolute atomic E-state index is 12.4. The van der Waals surface area contributed by atoms with Gasteiger partial charge in [-0.05, 0) is 37.0 Å². The number of anilines is 1. The Kier molecular flexibility index (Phi) is 6.68. The number of nitrogens with zero attached hydrogens (tertiary/aromatic N) is 4. The Morgan fingerprint density at radius 2 is 1.85 bits per heavy atom. The fourth-order valence-electron chi connectivity index (χ4n) is 3.22. The third kappa shape index (κ3) is 5.21. The summed E-state index contributed by atoms with van der Waals surface area (Å²) in [6.45, 7) is 4.89. The molecule has 146 valence electrons. The van der Waals surface area contributed by atoms with Gasteiger partial charge < -0.3 is 19.0 Å². The van der Waals surface area contributed by atoms with E-state index in [4.69, 9.17) is 9.15 Å². The molecule has 3 rings (SSSR count). The van der Waals surface area contributed by atoms with Crippen molar-refractivity contribution in [1.29, 1.82) is 0 Å². The SMILES string of the molecule is CCc1nnc(N2CCN(C(=O)CCCCc3ccc(OC)cc3)CC2)o1. The molecule has 2 aromatic rings. The minimum atomic E-state index is 0.240. The van der Waals surface area contributed by atoms with Crippen molar-refractivity contribution in [3.05, 3.63) is 35.7 Å². The van der Waals surface area contributed by atoms with Gasteiger partial charge in [0.15, 0.2) is 0 Å². The van der Waals surface area contributed by atoms with Crippen LogP contribution in [0.1, 0.15) is 37.6 Å². The fraction of sp³-hybridized carbons (Fsp3) is 0.550. The number of hydrogen-bond donors (Lipinski definition) is 0.